The summed E-state index contributed by atoms with van der Waals surface area (Å²) in [6.45, 7) is 4.58. The molecule has 0 saturated carbocycles. The number of methoxy groups -OCH3 is 1. The maximum Gasteiger partial charge on any atom is 0.161 e. The minimum Gasteiger partial charge on any atom is -0.493 e. The zero-order valence-electron chi connectivity index (χ0n) is 17.5. The standard InChI is InChI=1S/C26H26N2O2/c1-3-14-30-24-15-18(9-11-23(24)29-2)26-21-16-27-13-12-20(21)25-19-7-5-4-6-17(19)8-10-22(25)28-26/h4-11,15,27H,3,12-14,16H2,1-2H3. The first-order chi connectivity index (χ1) is 14.8. The number of nitrogens with zero attached hydrogens (tertiary/aromatic N) is 1. The highest BCUT2D eigenvalue weighted by atomic mass is 16.5. The minimum absolute atomic E-state index is 0.663. The van der Waals surface area contributed by atoms with E-state index in [-0.39, 0.29) is 0 Å². The average Bonchev–Trinajstić information content (AvgIpc) is 2.81. The minimum atomic E-state index is 0.663. The van der Waals surface area contributed by atoms with Gasteiger partial charge in [0.2, 0.25) is 0 Å². The molecule has 152 valence electrons. The topological polar surface area (TPSA) is 43.4 Å². The van der Waals surface area contributed by atoms with Crippen molar-refractivity contribution in [1.82, 2.24) is 10.3 Å². The molecule has 1 aliphatic heterocycles. The van der Waals surface area contributed by atoms with Crippen molar-refractivity contribution in [3.8, 4) is 22.8 Å². The fourth-order valence-corrected chi connectivity index (χ4v) is 4.43. The molecule has 4 nitrogen and oxygen atoms in total. The average molecular weight is 399 g/mol. The van der Waals surface area contributed by atoms with Gasteiger partial charge in [0.05, 0.1) is 24.9 Å². The van der Waals surface area contributed by atoms with Crippen molar-refractivity contribution in [3.63, 3.8) is 0 Å². The smallest absolute Gasteiger partial charge is 0.161 e. The molecule has 0 fully saturated rings. The van der Waals surface area contributed by atoms with Crippen molar-refractivity contribution < 1.29 is 9.47 Å². The van der Waals surface area contributed by atoms with Gasteiger partial charge >= 0.3 is 0 Å². The third kappa shape index (κ3) is 3.17. The van der Waals surface area contributed by atoms with Crippen LogP contribution in [0.1, 0.15) is 24.5 Å². The van der Waals surface area contributed by atoms with Crippen LogP contribution >= 0.6 is 0 Å². The third-order valence-corrected chi connectivity index (χ3v) is 5.84. The highest BCUT2D eigenvalue weighted by molar-refractivity contribution is 6.09. The molecular formula is C26H26N2O2. The Morgan fingerprint density at radius 1 is 1.00 bits per heavy atom. The molecule has 0 saturated heterocycles. The van der Waals surface area contributed by atoms with Crippen LogP contribution in [0.5, 0.6) is 11.5 Å². The third-order valence-electron chi connectivity index (χ3n) is 5.84. The van der Waals surface area contributed by atoms with Crippen LogP contribution in [0.4, 0.5) is 0 Å². The quantitative estimate of drug-likeness (QED) is 0.451. The van der Waals surface area contributed by atoms with Gasteiger partial charge in [-0.1, -0.05) is 37.3 Å². The second-order valence-corrected chi connectivity index (χ2v) is 7.74. The van der Waals surface area contributed by atoms with Crippen molar-refractivity contribution in [2.75, 3.05) is 20.3 Å². The monoisotopic (exact) mass is 398 g/mol. The lowest BCUT2D eigenvalue weighted by Gasteiger charge is -2.23. The van der Waals surface area contributed by atoms with Crippen molar-refractivity contribution in [2.24, 2.45) is 0 Å². The van der Waals surface area contributed by atoms with E-state index in [1.807, 2.05) is 6.07 Å². The largest absolute Gasteiger partial charge is 0.493 e. The molecule has 0 atom stereocenters. The fraction of sp³-hybridized carbons (Fsp3) is 0.269. The Balaban J connectivity index is 1.75. The first-order valence-corrected chi connectivity index (χ1v) is 10.6. The second kappa shape index (κ2) is 7.96. The van der Waals surface area contributed by atoms with Gasteiger partial charge in [-0.05, 0) is 65.6 Å². The van der Waals surface area contributed by atoms with Crippen molar-refractivity contribution in [3.05, 3.63) is 65.7 Å². The molecule has 0 unspecified atom stereocenters. The predicted octanol–water partition coefficient (Wildman–Crippen LogP) is 5.50. The van der Waals surface area contributed by atoms with Gasteiger partial charge in [-0.3, -0.25) is 0 Å². The Kier molecular flexibility index (Phi) is 5.01. The number of rotatable bonds is 5. The van der Waals surface area contributed by atoms with Crippen LogP contribution in [-0.2, 0) is 13.0 Å². The lowest BCUT2D eigenvalue weighted by molar-refractivity contribution is 0.294. The molecule has 2 heterocycles. The highest BCUT2D eigenvalue weighted by Gasteiger charge is 2.21. The molecule has 4 heteroatoms. The molecule has 30 heavy (non-hydrogen) atoms. The van der Waals surface area contributed by atoms with E-state index in [2.05, 4.69) is 60.8 Å². The first kappa shape index (κ1) is 18.9. The Bertz CT molecular complexity index is 1230. The number of hydrogen-bond donors (Lipinski definition) is 1. The normalized spacial score (nSPS) is 13.4. The first-order valence-electron chi connectivity index (χ1n) is 10.6. The molecule has 5 rings (SSSR count). The molecule has 0 spiro atoms. The van der Waals surface area contributed by atoms with Crippen LogP contribution in [-0.4, -0.2) is 25.2 Å². The summed E-state index contributed by atoms with van der Waals surface area (Å²) in [6, 6.07) is 19.1. The van der Waals surface area contributed by atoms with Gasteiger partial charge in [0.25, 0.3) is 0 Å². The summed E-state index contributed by atoms with van der Waals surface area (Å²) in [5, 5.41) is 7.38. The van der Waals surface area contributed by atoms with E-state index < -0.39 is 0 Å². The van der Waals surface area contributed by atoms with Crippen LogP contribution in [0, 0.1) is 0 Å². The van der Waals surface area contributed by atoms with Crippen LogP contribution in [0.25, 0.3) is 32.9 Å². The molecule has 1 N–H and O–H groups in total. The predicted molar refractivity (Wildman–Crippen MR) is 122 cm³/mol. The lowest BCUT2D eigenvalue weighted by Crippen LogP contribution is -2.25. The zero-order valence-corrected chi connectivity index (χ0v) is 17.5. The van der Waals surface area contributed by atoms with Crippen LogP contribution in [0.2, 0.25) is 0 Å². The molecule has 1 aliphatic rings. The number of ether oxygens (including phenoxy) is 2. The lowest BCUT2D eigenvalue weighted by atomic mass is 9.90. The molecule has 0 aliphatic carbocycles. The number of hydrogen-bond acceptors (Lipinski definition) is 4. The summed E-state index contributed by atoms with van der Waals surface area (Å²) >= 11 is 0. The number of benzene rings is 3. The Labute approximate surface area is 176 Å². The molecule has 4 aromatic rings. The molecule has 0 amide bonds. The number of aromatic nitrogens is 1. The second-order valence-electron chi connectivity index (χ2n) is 7.74. The summed E-state index contributed by atoms with van der Waals surface area (Å²) in [5.74, 6) is 1.53. The number of nitrogens with one attached hydrogen (secondary N) is 1. The highest BCUT2D eigenvalue weighted by Crippen LogP contribution is 2.38. The zero-order chi connectivity index (χ0) is 20.5. The van der Waals surface area contributed by atoms with Crippen molar-refractivity contribution in [1.29, 1.82) is 0 Å². The van der Waals surface area contributed by atoms with Crippen LogP contribution < -0.4 is 14.8 Å². The van der Waals surface area contributed by atoms with Crippen molar-refractivity contribution in [2.45, 2.75) is 26.3 Å². The number of pyridine rings is 1. The number of fused-ring (bicyclic) bond motifs is 5. The fourth-order valence-electron chi connectivity index (χ4n) is 4.43. The van der Waals surface area contributed by atoms with E-state index in [0.717, 1.165) is 54.2 Å². The van der Waals surface area contributed by atoms with E-state index in [1.54, 1.807) is 7.11 Å². The van der Waals surface area contributed by atoms with Gasteiger partial charge in [-0.15, -0.1) is 0 Å². The maximum atomic E-state index is 5.96. The molecular weight excluding hydrogens is 372 g/mol. The van der Waals surface area contributed by atoms with E-state index in [4.69, 9.17) is 14.5 Å². The van der Waals surface area contributed by atoms with Gasteiger partial charge in [-0.2, -0.15) is 0 Å². The maximum absolute atomic E-state index is 5.96. The molecule has 1 aromatic heterocycles. The van der Waals surface area contributed by atoms with E-state index in [9.17, 15) is 0 Å². The van der Waals surface area contributed by atoms with E-state index >= 15 is 0 Å². The van der Waals surface area contributed by atoms with Gasteiger partial charge in [0, 0.05) is 17.5 Å². The summed E-state index contributed by atoms with van der Waals surface area (Å²) in [5.41, 5.74) is 5.85. The summed E-state index contributed by atoms with van der Waals surface area (Å²) in [4.78, 5) is 5.15. The van der Waals surface area contributed by atoms with Crippen molar-refractivity contribution >= 4 is 21.7 Å². The summed E-state index contributed by atoms with van der Waals surface area (Å²) < 4.78 is 11.5. The van der Waals surface area contributed by atoms with Gasteiger partial charge in [0.1, 0.15) is 0 Å². The summed E-state index contributed by atoms with van der Waals surface area (Å²) in [7, 11) is 1.68. The Morgan fingerprint density at radius 2 is 1.90 bits per heavy atom. The molecule has 3 aromatic carbocycles. The van der Waals surface area contributed by atoms with Gasteiger partial charge < -0.3 is 14.8 Å². The summed E-state index contributed by atoms with van der Waals surface area (Å²) in [6.07, 6.45) is 1.96. The van der Waals surface area contributed by atoms with Gasteiger partial charge in [0.15, 0.2) is 11.5 Å². The van der Waals surface area contributed by atoms with E-state index in [0.29, 0.717) is 6.61 Å². The Morgan fingerprint density at radius 3 is 2.77 bits per heavy atom. The van der Waals surface area contributed by atoms with E-state index in [1.165, 1.54) is 27.3 Å². The Hall–Kier alpha value is -3.11. The van der Waals surface area contributed by atoms with Crippen LogP contribution in [0.3, 0.4) is 0 Å². The SMILES string of the molecule is CCCOc1cc(-c2nc3ccc4ccccc4c3c3c2CNCC3)ccc1OC. The van der Waals surface area contributed by atoms with Crippen LogP contribution in [0.15, 0.2) is 54.6 Å². The molecule has 0 radical (unpaired) electrons. The van der Waals surface area contributed by atoms with Gasteiger partial charge in [-0.25, -0.2) is 4.98 Å². The molecule has 0 bridgehead atoms.